The predicted octanol–water partition coefficient (Wildman–Crippen LogP) is 2.32. The Kier molecular flexibility index (Phi) is 3.39. The summed E-state index contributed by atoms with van der Waals surface area (Å²) in [6.45, 7) is 1.48. The average Bonchev–Trinajstić information content (AvgIpc) is 3.40. The molecule has 0 aliphatic carbocycles. The van der Waals surface area contributed by atoms with Crippen molar-refractivity contribution in [3.8, 4) is 0 Å². The highest BCUT2D eigenvalue weighted by Crippen LogP contribution is 2.32. The molecule has 0 spiro atoms. The van der Waals surface area contributed by atoms with Gasteiger partial charge < -0.3 is 9.80 Å². The van der Waals surface area contributed by atoms with E-state index in [0.717, 1.165) is 10.7 Å². The molecule has 0 unspecified atom stereocenters. The van der Waals surface area contributed by atoms with Crippen LogP contribution in [-0.2, 0) is 11.2 Å². The number of carbonyl (C=O) groups is 1. The molecule has 150 valence electrons. The lowest BCUT2D eigenvalue weighted by atomic mass is 9.96. The summed E-state index contributed by atoms with van der Waals surface area (Å²) < 4.78 is 56.8. The number of halogens is 1. The molecule has 0 aromatic carbocycles. The lowest BCUT2D eigenvalue weighted by Crippen LogP contribution is -2.51. The van der Waals surface area contributed by atoms with Gasteiger partial charge in [0, 0.05) is 37.2 Å². The molecule has 2 atom stereocenters. The molecular weight excluding hydrogens is 371 g/mol. The number of piperazine rings is 1. The highest BCUT2D eigenvalue weighted by Gasteiger charge is 2.42. The zero-order valence-electron chi connectivity index (χ0n) is 20.6. The van der Waals surface area contributed by atoms with E-state index in [1.54, 1.807) is 11.0 Å². The lowest BCUT2D eigenvalue weighted by Gasteiger charge is -2.38. The van der Waals surface area contributed by atoms with E-state index >= 15 is 0 Å². The van der Waals surface area contributed by atoms with Crippen LogP contribution in [0.3, 0.4) is 0 Å². The fourth-order valence-electron chi connectivity index (χ4n) is 4.10. The third kappa shape index (κ3) is 3.43. The quantitative estimate of drug-likeness (QED) is 0.659. The highest BCUT2D eigenvalue weighted by atomic mass is 19.1. The van der Waals surface area contributed by atoms with E-state index in [2.05, 4.69) is 15.1 Å². The van der Waals surface area contributed by atoms with E-state index in [-0.39, 0.29) is 35.8 Å². The Bertz CT molecular complexity index is 1240. The van der Waals surface area contributed by atoms with Gasteiger partial charge in [-0.05, 0) is 49.4 Å². The monoisotopic (exact) mass is 399 g/mol. The summed E-state index contributed by atoms with van der Waals surface area (Å²) in [6, 6.07) is 5.50. The second kappa shape index (κ2) is 7.42. The molecule has 29 heavy (non-hydrogen) atoms. The summed E-state index contributed by atoms with van der Waals surface area (Å²) in [5.74, 6) is -0.638. The first kappa shape index (κ1) is 13.2. The van der Waals surface area contributed by atoms with Crippen LogP contribution < -0.4 is 4.90 Å². The fraction of sp³-hybridized carbons (Fsp3) is 0.429. The average molecular weight is 399 g/mol. The lowest BCUT2D eigenvalue weighted by molar-refractivity contribution is -0.132. The van der Waals surface area contributed by atoms with Crippen molar-refractivity contribution < 1.29 is 16.0 Å². The van der Waals surface area contributed by atoms with Crippen LogP contribution in [0.15, 0.2) is 43.0 Å². The van der Waals surface area contributed by atoms with Crippen LogP contribution in [0.25, 0.3) is 5.65 Å². The Labute approximate surface area is 175 Å². The third-order valence-corrected chi connectivity index (χ3v) is 5.51. The smallest absolute Gasteiger partial charge is 0.226 e. The minimum atomic E-state index is -2.47. The van der Waals surface area contributed by atoms with E-state index in [0.29, 0.717) is 31.9 Å². The number of rotatable bonds is 5. The first-order chi connectivity index (χ1) is 16.1. The molecule has 0 saturated carbocycles. The molecular formula is C21H23FN6O. The minimum absolute atomic E-state index is 0.00987. The number of nitrogens with zero attached hydrogens (tertiary/aromatic N) is 6. The molecule has 3 aromatic heterocycles. The maximum absolute atomic E-state index is 13.2. The maximum Gasteiger partial charge on any atom is 0.226 e. The van der Waals surface area contributed by atoms with Gasteiger partial charge in [0.15, 0.2) is 5.65 Å². The molecule has 0 bridgehead atoms. The number of pyridine rings is 2. The summed E-state index contributed by atoms with van der Waals surface area (Å²) in [5, 5.41) is 3.91. The molecule has 8 heteroatoms. The van der Waals surface area contributed by atoms with Gasteiger partial charge >= 0.3 is 0 Å². The summed E-state index contributed by atoms with van der Waals surface area (Å²) in [4.78, 5) is 24.9. The number of hydrogen-bond acceptors (Lipinski definition) is 5. The van der Waals surface area contributed by atoms with E-state index in [1.807, 2.05) is 4.90 Å². The van der Waals surface area contributed by atoms with Gasteiger partial charge in [0.1, 0.15) is 18.0 Å². The number of anilines is 1. The van der Waals surface area contributed by atoms with Crippen LogP contribution in [0, 0.1) is 11.7 Å². The van der Waals surface area contributed by atoms with Crippen LogP contribution in [0.2, 0.25) is 0 Å². The summed E-state index contributed by atoms with van der Waals surface area (Å²) in [7, 11) is 0. The molecule has 2 aliphatic heterocycles. The van der Waals surface area contributed by atoms with Gasteiger partial charge in [0.25, 0.3) is 0 Å². The Hall–Kier alpha value is -3.03. The van der Waals surface area contributed by atoms with Crippen LogP contribution >= 0.6 is 0 Å². The van der Waals surface area contributed by atoms with Crippen molar-refractivity contribution in [3.05, 3.63) is 54.3 Å². The standard InChI is InChI=1S/C21H23FN6O/c22-17-6-7-19(23-12-17)26-9-10-27-18(13-26)11-16(21(27)29)4-1-3-15-5-2-8-28-20(15)24-14-25-28/h2,5-8,12,14,16,18H,1,3-4,9-11,13H2/t16-,18-/m0/s1/i1D2,3D2,8D. The molecule has 2 saturated heterocycles. The Morgan fingerprint density at radius 1 is 1.28 bits per heavy atom. The predicted molar refractivity (Wildman–Crippen MR) is 106 cm³/mol. The van der Waals surface area contributed by atoms with Gasteiger partial charge in [-0.2, -0.15) is 5.10 Å². The van der Waals surface area contributed by atoms with Crippen molar-refractivity contribution in [1.29, 1.82) is 0 Å². The first-order valence-electron chi connectivity index (χ1n) is 12.1. The van der Waals surface area contributed by atoms with Crippen molar-refractivity contribution >= 4 is 17.4 Å². The van der Waals surface area contributed by atoms with Gasteiger partial charge in [-0.15, -0.1) is 0 Å². The van der Waals surface area contributed by atoms with Crippen LogP contribution in [-0.4, -0.2) is 56.1 Å². The van der Waals surface area contributed by atoms with Crippen LogP contribution in [0.4, 0.5) is 10.2 Å². The second-order valence-electron chi connectivity index (χ2n) is 7.28. The molecule has 2 aliphatic rings. The van der Waals surface area contributed by atoms with Gasteiger partial charge in [0.2, 0.25) is 5.91 Å². The normalized spacial score (nSPS) is 25.3. The largest absolute Gasteiger partial charge is 0.353 e. The van der Waals surface area contributed by atoms with Crippen LogP contribution in [0.1, 0.15) is 31.6 Å². The molecule has 5 heterocycles. The zero-order chi connectivity index (χ0) is 24.3. The number of aromatic nitrogens is 4. The summed E-state index contributed by atoms with van der Waals surface area (Å²) >= 11 is 0. The fourth-order valence-corrected chi connectivity index (χ4v) is 4.10. The molecule has 0 radical (unpaired) electrons. The van der Waals surface area contributed by atoms with Crippen molar-refractivity contribution in [2.75, 3.05) is 24.5 Å². The molecule has 5 rings (SSSR count). The van der Waals surface area contributed by atoms with Crippen molar-refractivity contribution in [2.45, 2.75) is 31.6 Å². The van der Waals surface area contributed by atoms with E-state index in [9.17, 15) is 9.18 Å². The SMILES string of the molecule is [2H]c1ccc(C([2H])([2H])C([2H])([2H])C[C@H]2C[C@H]3CN(c4ccc(F)cn4)CCN3C2=O)c2ncnn12. The van der Waals surface area contributed by atoms with Gasteiger partial charge in [-0.25, -0.2) is 18.9 Å². The number of carbonyl (C=O) groups excluding carboxylic acids is 1. The summed E-state index contributed by atoms with van der Waals surface area (Å²) in [5.41, 5.74) is 0.0710. The molecule has 7 nitrogen and oxygen atoms in total. The minimum Gasteiger partial charge on any atom is -0.353 e. The first-order valence-corrected chi connectivity index (χ1v) is 9.55. The van der Waals surface area contributed by atoms with Gasteiger partial charge in [0.05, 0.1) is 13.6 Å². The molecule has 2 fully saturated rings. The maximum atomic E-state index is 13.2. The molecule has 3 aromatic rings. The van der Waals surface area contributed by atoms with Crippen LogP contribution in [0.5, 0.6) is 0 Å². The van der Waals surface area contributed by atoms with Gasteiger partial charge in [-0.1, -0.05) is 6.07 Å². The molecule has 0 N–H and O–H groups in total. The highest BCUT2D eigenvalue weighted by molar-refractivity contribution is 5.82. The van der Waals surface area contributed by atoms with E-state index in [4.69, 9.17) is 6.85 Å². The Morgan fingerprint density at radius 3 is 3.07 bits per heavy atom. The van der Waals surface area contributed by atoms with Crippen molar-refractivity contribution in [2.24, 2.45) is 5.92 Å². The Morgan fingerprint density at radius 2 is 2.21 bits per heavy atom. The van der Waals surface area contributed by atoms with E-state index < -0.39 is 24.5 Å². The van der Waals surface area contributed by atoms with Crippen molar-refractivity contribution in [3.63, 3.8) is 0 Å². The summed E-state index contributed by atoms with van der Waals surface area (Å²) in [6.07, 6.45) is -2.38. The van der Waals surface area contributed by atoms with Crippen molar-refractivity contribution in [1.82, 2.24) is 24.5 Å². The van der Waals surface area contributed by atoms with E-state index in [1.165, 1.54) is 24.5 Å². The zero-order valence-corrected chi connectivity index (χ0v) is 15.6. The number of amides is 1. The third-order valence-electron chi connectivity index (χ3n) is 5.51. The topological polar surface area (TPSA) is 66.6 Å². The number of hydrogen-bond donors (Lipinski definition) is 0. The van der Waals surface area contributed by atoms with Gasteiger partial charge in [-0.3, -0.25) is 4.79 Å². The number of fused-ring (bicyclic) bond motifs is 2. The number of aryl methyl sites for hydroxylation is 1. The molecule has 1 amide bonds. The second-order valence-corrected chi connectivity index (χ2v) is 7.28. The Balaban J connectivity index is 1.34.